The lowest BCUT2D eigenvalue weighted by Gasteiger charge is -2.10. The van der Waals surface area contributed by atoms with Gasteiger partial charge in [0.2, 0.25) is 0 Å². The van der Waals surface area contributed by atoms with Crippen LogP contribution < -0.4 is 0 Å². The number of carbonyl (C=O) groups excluding carboxylic acids is 1. The van der Waals surface area contributed by atoms with Gasteiger partial charge in [-0.05, 0) is 23.6 Å². The molecule has 4 heteroatoms. The summed E-state index contributed by atoms with van der Waals surface area (Å²) in [5.41, 5.74) is 1.82. The molecule has 0 saturated carbocycles. The van der Waals surface area contributed by atoms with Crippen LogP contribution in [0.1, 0.15) is 35.2 Å². The molecule has 1 N–H and O–H groups in total. The lowest BCUT2D eigenvalue weighted by Crippen LogP contribution is -2.04. The van der Waals surface area contributed by atoms with E-state index in [1.165, 1.54) is 5.56 Å². The van der Waals surface area contributed by atoms with E-state index in [0.29, 0.717) is 12.0 Å². The highest BCUT2D eigenvalue weighted by Gasteiger charge is 2.13. The Labute approximate surface area is 108 Å². The number of H-pyrrole nitrogens is 1. The van der Waals surface area contributed by atoms with Crippen molar-refractivity contribution in [2.45, 2.75) is 19.3 Å². The van der Waals surface area contributed by atoms with E-state index < -0.39 is 0 Å². The number of hydrogen-bond acceptors (Lipinski definition) is 2. The smallest absolute Gasteiger partial charge is 0.166 e. The minimum atomic E-state index is 0.120. The second kappa shape index (κ2) is 5.27. The molecule has 17 heavy (non-hydrogen) atoms. The molecule has 0 radical (unpaired) electrons. The Morgan fingerprint density at radius 3 is 2.71 bits per heavy atom. The minimum Gasteiger partial charge on any atom is -0.294 e. The fraction of sp³-hybridized carbons (Fsp3) is 0.231. The van der Waals surface area contributed by atoms with Crippen LogP contribution in [0.15, 0.2) is 41.1 Å². The van der Waals surface area contributed by atoms with E-state index in [4.69, 9.17) is 0 Å². The van der Waals surface area contributed by atoms with Crippen LogP contribution in [-0.2, 0) is 0 Å². The molecule has 0 amide bonds. The summed E-state index contributed by atoms with van der Waals surface area (Å²) in [5.74, 6) is 0.333. The molecule has 1 aromatic carbocycles. The summed E-state index contributed by atoms with van der Waals surface area (Å²) in [5, 5.41) is 6.44. The van der Waals surface area contributed by atoms with Crippen molar-refractivity contribution in [3.05, 3.63) is 52.3 Å². The SMILES string of the molecule is C[C@H](CC(=O)c1cn[nH]c1)c1ccc(Br)cc1. The van der Waals surface area contributed by atoms with Crippen LogP contribution in [0.25, 0.3) is 0 Å². The van der Waals surface area contributed by atoms with Gasteiger partial charge in [-0.25, -0.2) is 0 Å². The summed E-state index contributed by atoms with van der Waals surface area (Å²) in [6.07, 6.45) is 3.70. The molecule has 0 fully saturated rings. The van der Waals surface area contributed by atoms with Gasteiger partial charge in [-0.3, -0.25) is 9.89 Å². The molecule has 3 nitrogen and oxygen atoms in total. The summed E-state index contributed by atoms with van der Waals surface area (Å²) in [4.78, 5) is 11.9. The van der Waals surface area contributed by atoms with Crippen molar-refractivity contribution >= 4 is 21.7 Å². The van der Waals surface area contributed by atoms with Gasteiger partial charge in [0.05, 0.1) is 11.8 Å². The fourth-order valence-corrected chi connectivity index (χ4v) is 1.97. The summed E-state index contributed by atoms with van der Waals surface area (Å²) in [6.45, 7) is 2.06. The Hall–Kier alpha value is -1.42. The number of aromatic amines is 1. The van der Waals surface area contributed by atoms with Crippen LogP contribution in [0.4, 0.5) is 0 Å². The lowest BCUT2D eigenvalue weighted by atomic mass is 9.94. The van der Waals surface area contributed by atoms with Crippen LogP contribution in [-0.4, -0.2) is 16.0 Å². The van der Waals surface area contributed by atoms with E-state index in [-0.39, 0.29) is 11.7 Å². The minimum absolute atomic E-state index is 0.120. The molecule has 88 valence electrons. The molecule has 2 rings (SSSR count). The van der Waals surface area contributed by atoms with Gasteiger partial charge in [0.15, 0.2) is 5.78 Å². The predicted molar refractivity (Wildman–Crippen MR) is 70.1 cm³/mol. The summed E-state index contributed by atoms with van der Waals surface area (Å²) in [7, 11) is 0. The van der Waals surface area contributed by atoms with Gasteiger partial charge >= 0.3 is 0 Å². The summed E-state index contributed by atoms with van der Waals surface area (Å²) < 4.78 is 1.05. The Kier molecular flexibility index (Phi) is 3.74. The van der Waals surface area contributed by atoms with Crippen LogP contribution in [0.2, 0.25) is 0 Å². The zero-order valence-corrected chi connectivity index (χ0v) is 11.1. The van der Waals surface area contributed by atoms with Gasteiger partial charge < -0.3 is 0 Å². The number of hydrogen-bond donors (Lipinski definition) is 1. The average molecular weight is 293 g/mol. The molecule has 0 saturated heterocycles. The molecule has 0 aliphatic heterocycles. The molecular formula is C13H13BrN2O. The number of nitrogens with one attached hydrogen (secondary N) is 1. The van der Waals surface area contributed by atoms with Crippen molar-refractivity contribution in [1.29, 1.82) is 0 Å². The molecule has 2 aromatic rings. The van der Waals surface area contributed by atoms with Crippen molar-refractivity contribution in [3.63, 3.8) is 0 Å². The Balaban J connectivity index is 2.04. The van der Waals surface area contributed by atoms with Crippen LogP contribution >= 0.6 is 15.9 Å². The number of ketones is 1. The van der Waals surface area contributed by atoms with Crippen molar-refractivity contribution < 1.29 is 4.79 Å². The Morgan fingerprint density at radius 1 is 1.41 bits per heavy atom. The maximum absolute atomic E-state index is 11.9. The summed E-state index contributed by atoms with van der Waals surface area (Å²) in [6, 6.07) is 8.07. The first-order valence-corrected chi connectivity index (χ1v) is 6.23. The van der Waals surface area contributed by atoms with E-state index in [1.807, 2.05) is 24.3 Å². The second-order valence-electron chi connectivity index (χ2n) is 4.07. The second-order valence-corrected chi connectivity index (χ2v) is 4.98. The maximum atomic E-state index is 11.9. The third-order valence-electron chi connectivity index (χ3n) is 2.75. The molecule has 0 spiro atoms. The molecular weight excluding hydrogens is 280 g/mol. The van der Waals surface area contributed by atoms with E-state index >= 15 is 0 Å². The number of Topliss-reactive ketones (excluding diaryl/α,β-unsaturated/α-hetero) is 1. The molecule has 0 bridgehead atoms. The number of halogens is 1. The van der Waals surface area contributed by atoms with Gasteiger partial charge in [-0.2, -0.15) is 5.10 Å². The first-order valence-electron chi connectivity index (χ1n) is 5.44. The molecule has 1 aromatic heterocycles. The average Bonchev–Trinajstić information content (AvgIpc) is 2.83. The zero-order valence-electron chi connectivity index (χ0n) is 9.48. The van der Waals surface area contributed by atoms with E-state index in [1.54, 1.807) is 12.4 Å². The van der Waals surface area contributed by atoms with Crippen LogP contribution in [0, 0.1) is 0 Å². The highest BCUT2D eigenvalue weighted by atomic mass is 79.9. The van der Waals surface area contributed by atoms with E-state index in [2.05, 4.69) is 33.1 Å². The van der Waals surface area contributed by atoms with Gasteiger partial charge in [-0.1, -0.05) is 35.0 Å². The standard InChI is InChI=1S/C13H13BrN2O/c1-9(10-2-4-12(14)5-3-10)6-13(17)11-7-15-16-8-11/h2-5,7-9H,6H2,1H3,(H,15,16)/t9-/m1/s1. The molecule has 1 atom stereocenters. The van der Waals surface area contributed by atoms with Gasteiger partial charge in [0.1, 0.15) is 0 Å². The van der Waals surface area contributed by atoms with Crippen LogP contribution in [0.3, 0.4) is 0 Å². The third-order valence-corrected chi connectivity index (χ3v) is 3.28. The zero-order chi connectivity index (χ0) is 12.3. The number of carbonyl (C=O) groups is 1. The normalized spacial score (nSPS) is 12.4. The summed E-state index contributed by atoms with van der Waals surface area (Å²) >= 11 is 3.40. The van der Waals surface area contributed by atoms with Gasteiger partial charge in [0.25, 0.3) is 0 Å². The van der Waals surface area contributed by atoms with Crippen molar-refractivity contribution in [3.8, 4) is 0 Å². The van der Waals surface area contributed by atoms with Crippen molar-refractivity contribution in [2.24, 2.45) is 0 Å². The number of nitrogens with zero attached hydrogens (tertiary/aromatic N) is 1. The molecule has 0 unspecified atom stereocenters. The quantitative estimate of drug-likeness (QED) is 0.876. The highest BCUT2D eigenvalue weighted by molar-refractivity contribution is 9.10. The fourth-order valence-electron chi connectivity index (χ4n) is 1.71. The Bertz CT molecular complexity index is 491. The van der Waals surface area contributed by atoms with Gasteiger partial charge in [0, 0.05) is 17.1 Å². The molecule has 0 aliphatic carbocycles. The first-order chi connectivity index (χ1) is 8.16. The molecule has 0 aliphatic rings. The number of aromatic nitrogens is 2. The van der Waals surface area contributed by atoms with Gasteiger partial charge in [-0.15, -0.1) is 0 Å². The number of benzene rings is 1. The first kappa shape index (κ1) is 12.0. The van der Waals surface area contributed by atoms with Crippen molar-refractivity contribution in [1.82, 2.24) is 10.2 Å². The Morgan fingerprint density at radius 2 is 2.12 bits per heavy atom. The predicted octanol–water partition coefficient (Wildman–Crippen LogP) is 3.55. The van der Waals surface area contributed by atoms with Crippen LogP contribution in [0.5, 0.6) is 0 Å². The molecule has 1 heterocycles. The monoisotopic (exact) mass is 292 g/mol. The third kappa shape index (κ3) is 3.03. The highest BCUT2D eigenvalue weighted by Crippen LogP contribution is 2.22. The van der Waals surface area contributed by atoms with E-state index in [9.17, 15) is 4.79 Å². The maximum Gasteiger partial charge on any atom is 0.166 e. The number of rotatable bonds is 4. The topological polar surface area (TPSA) is 45.8 Å². The largest absolute Gasteiger partial charge is 0.294 e. The van der Waals surface area contributed by atoms with E-state index in [0.717, 1.165) is 4.47 Å². The van der Waals surface area contributed by atoms with Crippen molar-refractivity contribution in [2.75, 3.05) is 0 Å². The lowest BCUT2D eigenvalue weighted by molar-refractivity contribution is 0.0975.